The zero-order valence-corrected chi connectivity index (χ0v) is 21.8. The van der Waals surface area contributed by atoms with Gasteiger partial charge in [0.1, 0.15) is 23.9 Å². The Morgan fingerprint density at radius 3 is 2.47 bits per heavy atom. The van der Waals surface area contributed by atoms with E-state index in [0.717, 1.165) is 0 Å². The van der Waals surface area contributed by atoms with Crippen LogP contribution >= 0.6 is 0 Å². The lowest BCUT2D eigenvalue weighted by molar-refractivity contribution is -0.199. The van der Waals surface area contributed by atoms with Gasteiger partial charge in [-0.15, -0.1) is 0 Å². The van der Waals surface area contributed by atoms with E-state index in [1.165, 1.54) is 6.08 Å². The fourth-order valence-electron chi connectivity index (χ4n) is 9.98. The van der Waals surface area contributed by atoms with Crippen LogP contribution < -0.4 is 0 Å². The predicted octanol–water partition coefficient (Wildman–Crippen LogP) is 1.37. The van der Waals surface area contributed by atoms with Gasteiger partial charge in [-0.25, -0.2) is 0 Å². The van der Waals surface area contributed by atoms with Gasteiger partial charge in [0.25, 0.3) is 0 Å². The zero-order valence-electron chi connectivity index (χ0n) is 21.8. The van der Waals surface area contributed by atoms with E-state index in [4.69, 9.17) is 9.47 Å². The van der Waals surface area contributed by atoms with Crippen LogP contribution in [-0.4, -0.2) is 73.9 Å². The molecule has 0 aromatic carbocycles. The summed E-state index contributed by atoms with van der Waals surface area (Å²) in [5.74, 6) is -1.52. The highest BCUT2D eigenvalue weighted by molar-refractivity contribution is 5.98. The number of hydrogen-bond donors (Lipinski definition) is 4. The Morgan fingerprint density at radius 1 is 1.14 bits per heavy atom. The second-order valence-electron chi connectivity index (χ2n) is 13.4. The Labute approximate surface area is 212 Å². The molecule has 15 atom stereocenters. The molecule has 0 aromatic heterocycles. The molecule has 1 spiro atoms. The summed E-state index contributed by atoms with van der Waals surface area (Å²) in [5.41, 5.74) is -3.85. The lowest BCUT2D eigenvalue weighted by Crippen LogP contribution is -2.64. The van der Waals surface area contributed by atoms with Crippen molar-refractivity contribution < 1.29 is 39.5 Å². The highest BCUT2D eigenvalue weighted by atomic mass is 16.6. The largest absolute Gasteiger partial charge is 0.459 e. The number of hydrogen-bond acceptors (Lipinski definition) is 8. The normalized spacial score (nSPS) is 57.7. The Balaban J connectivity index is 1.32. The SMILES string of the molecule is C[C@H]1[C@H]([C@H](O)[C@](C)(O)[C@H]2[C@@H](O)C[C@H]3[C@@H]4C[C@H]5O[C@]56[C@@H](O)C=CC(=O)[C@]6(C)[C@H]4CC[C@]23C)OC(=O)[C@@H]1C. The van der Waals surface area contributed by atoms with Crippen LogP contribution in [0.25, 0.3) is 0 Å². The third-order valence-corrected chi connectivity index (χ3v) is 12.1. The minimum atomic E-state index is -1.68. The Bertz CT molecular complexity index is 1020. The maximum atomic E-state index is 13.3. The number of allylic oxidation sites excluding steroid dienone is 1. The van der Waals surface area contributed by atoms with Gasteiger partial charge in [-0.05, 0) is 74.9 Å². The summed E-state index contributed by atoms with van der Waals surface area (Å²) < 4.78 is 11.6. The number of rotatable bonds is 3. The van der Waals surface area contributed by atoms with Crippen molar-refractivity contribution in [1.29, 1.82) is 0 Å². The molecule has 5 fully saturated rings. The van der Waals surface area contributed by atoms with Gasteiger partial charge in [0.2, 0.25) is 0 Å². The van der Waals surface area contributed by atoms with E-state index in [1.54, 1.807) is 19.9 Å². The van der Waals surface area contributed by atoms with Gasteiger partial charge in [-0.2, -0.15) is 0 Å². The summed E-state index contributed by atoms with van der Waals surface area (Å²) in [6.45, 7) is 9.21. The molecule has 2 saturated heterocycles. The molecule has 2 heterocycles. The molecule has 4 aliphatic carbocycles. The fraction of sp³-hybridized carbons (Fsp3) is 0.857. The average Bonchev–Trinajstić information content (AvgIpc) is 3.41. The maximum Gasteiger partial charge on any atom is 0.309 e. The lowest BCUT2D eigenvalue weighted by Gasteiger charge is -2.58. The summed E-state index contributed by atoms with van der Waals surface area (Å²) in [4.78, 5) is 25.5. The van der Waals surface area contributed by atoms with Crippen molar-refractivity contribution in [1.82, 2.24) is 0 Å². The number of fused-ring (bicyclic) bond motifs is 4. The maximum absolute atomic E-state index is 13.3. The van der Waals surface area contributed by atoms with Crippen molar-refractivity contribution in [2.45, 2.75) is 102 Å². The van der Waals surface area contributed by atoms with Crippen LogP contribution in [0.1, 0.15) is 60.3 Å². The van der Waals surface area contributed by atoms with Gasteiger partial charge in [0, 0.05) is 11.8 Å². The molecule has 6 rings (SSSR count). The van der Waals surface area contributed by atoms with Crippen molar-refractivity contribution >= 4 is 11.8 Å². The van der Waals surface area contributed by atoms with Gasteiger partial charge >= 0.3 is 5.97 Å². The van der Waals surface area contributed by atoms with E-state index in [-0.39, 0.29) is 47.4 Å². The third kappa shape index (κ3) is 2.73. The van der Waals surface area contributed by atoms with Crippen LogP contribution in [-0.2, 0) is 19.1 Å². The predicted molar refractivity (Wildman–Crippen MR) is 127 cm³/mol. The van der Waals surface area contributed by atoms with Gasteiger partial charge in [-0.1, -0.05) is 20.8 Å². The van der Waals surface area contributed by atoms with Gasteiger partial charge < -0.3 is 29.9 Å². The molecule has 4 N–H and O–H groups in total. The number of ether oxygens (including phenoxy) is 2. The zero-order chi connectivity index (χ0) is 26.2. The first kappa shape index (κ1) is 25.0. The molecule has 8 heteroatoms. The summed E-state index contributed by atoms with van der Waals surface area (Å²) in [5, 5.41) is 45.5. The molecule has 0 amide bonds. The van der Waals surface area contributed by atoms with Crippen molar-refractivity contribution in [3.63, 3.8) is 0 Å². The summed E-state index contributed by atoms with van der Waals surface area (Å²) in [6.07, 6.45) is 1.57. The Hall–Kier alpha value is -1.32. The number of aliphatic hydroxyl groups excluding tert-OH is 3. The lowest BCUT2D eigenvalue weighted by atomic mass is 9.44. The molecule has 0 bridgehead atoms. The fourth-order valence-corrected chi connectivity index (χ4v) is 9.98. The van der Waals surface area contributed by atoms with Crippen molar-refractivity contribution in [3.05, 3.63) is 12.2 Å². The van der Waals surface area contributed by atoms with Crippen LogP contribution in [0, 0.1) is 46.3 Å². The van der Waals surface area contributed by atoms with Crippen molar-refractivity contribution in [3.8, 4) is 0 Å². The molecule has 0 unspecified atom stereocenters. The van der Waals surface area contributed by atoms with Gasteiger partial charge in [-0.3, -0.25) is 9.59 Å². The van der Waals surface area contributed by atoms with Crippen LogP contribution in [0.2, 0.25) is 0 Å². The highest BCUT2D eigenvalue weighted by Crippen LogP contribution is 2.73. The van der Waals surface area contributed by atoms with E-state index in [0.29, 0.717) is 25.7 Å². The summed E-state index contributed by atoms with van der Waals surface area (Å²) >= 11 is 0. The molecule has 8 nitrogen and oxygen atoms in total. The molecule has 200 valence electrons. The van der Waals surface area contributed by atoms with E-state index >= 15 is 0 Å². The van der Waals surface area contributed by atoms with Crippen LogP contribution in [0.4, 0.5) is 0 Å². The number of esters is 1. The standard InChI is InChI=1S/C28H40O8/c1-12-13(2)24(33)35-21(12)23(32)27(5,34)22-17(29)11-16-14-10-20-28(36-20)19(31)7-6-18(30)26(28,4)15(14)8-9-25(16,22)3/h6-7,12-17,19-23,29,31-32,34H,8-11H2,1-5H3/t12-,13-,14-,15+,16+,17+,19+,20-,21-,22+,23+,25+,26+,27-,28-/m1/s1. The minimum absolute atomic E-state index is 0.00101. The second kappa shape index (κ2) is 7.41. The Kier molecular flexibility index (Phi) is 5.14. The molecular formula is C28H40O8. The quantitative estimate of drug-likeness (QED) is 0.334. The van der Waals surface area contributed by atoms with E-state index in [2.05, 4.69) is 6.92 Å². The molecular weight excluding hydrogens is 464 g/mol. The monoisotopic (exact) mass is 504 g/mol. The van der Waals surface area contributed by atoms with Crippen LogP contribution in [0.15, 0.2) is 12.2 Å². The van der Waals surface area contributed by atoms with E-state index < -0.39 is 52.4 Å². The smallest absolute Gasteiger partial charge is 0.309 e. The topological polar surface area (TPSA) is 137 Å². The average molecular weight is 505 g/mol. The molecule has 0 radical (unpaired) electrons. The number of cyclic esters (lactones) is 1. The first-order chi connectivity index (χ1) is 16.7. The first-order valence-electron chi connectivity index (χ1n) is 13.6. The van der Waals surface area contributed by atoms with E-state index in [9.17, 15) is 30.0 Å². The number of carbonyl (C=O) groups is 2. The third-order valence-electron chi connectivity index (χ3n) is 12.1. The Morgan fingerprint density at radius 2 is 1.83 bits per heavy atom. The van der Waals surface area contributed by atoms with Crippen LogP contribution in [0.3, 0.4) is 0 Å². The van der Waals surface area contributed by atoms with Gasteiger partial charge in [0.05, 0.1) is 29.1 Å². The summed E-state index contributed by atoms with van der Waals surface area (Å²) in [7, 11) is 0. The molecule has 3 saturated carbocycles. The highest BCUT2D eigenvalue weighted by Gasteiger charge is 2.80. The molecule has 0 aromatic rings. The van der Waals surface area contributed by atoms with Gasteiger partial charge in [0.15, 0.2) is 5.78 Å². The van der Waals surface area contributed by atoms with E-state index in [1.807, 2.05) is 13.8 Å². The number of ketones is 1. The minimum Gasteiger partial charge on any atom is -0.459 e. The second-order valence-corrected chi connectivity index (χ2v) is 13.4. The number of epoxide rings is 1. The first-order valence-corrected chi connectivity index (χ1v) is 13.6. The van der Waals surface area contributed by atoms with Crippen molar-refractivity contribution in [2.24, 2.45) is 46.3 Å². The van der Waals surface area contributed by atoms with Crippen molar-refractivity contribution in [2.75, 3.05) is 0 Å². The summed E-state index contributed by atoms with van der Waals surface area (Å²) in [6, 6.07) is 0. The molecule has 36 heavy (non-hydrogen) atoms. The molecule has 6 aliphatic rings. The van der Waals surface area contributed by atoms with Crippen LogP contribution in [0.5, 0.6) is 0 Å². The number of aliphatic hydroxyl groups is 4. The number of carbonyl (C=O) groups excluding carboxylic acids is 2. The molecule has 2 aliphatic heterocycles.